The summed E-state index contributed by atoms with van der Waals surface area (Å²) in [5.74, 6) is 0.646. The van der Waals surface area contributed by atoms with Gasteiger partial charge in [-0.1, -0.05) is 6.92 Å². The van der Waals surface area contributed by atoms with Crippen LogP contribution in [0.15, 0.2) is 0 Å². The Morgan fingerprint density at radius 3 is 2.68 bits per heavy atom. The fraction of sp³-hybridized carbons (Fsp3) is 0.750. The molecule has 0 aromatic carbocycles. The van der Waals surface area contributed by atoms with Crippen molar-refractivity contribution in [3.8, 4) is 0 Å². The Balaban J connectivity index is 3.05. The molecule has 0 radical (unpaired) electrons. The summed E-state index contributed by atoms with van der Waals surface area (Å²) in [7, 11) is 1.73. The van der Waals surface area contributed by atoms with Gasteiger partial charge in [-0.25, -0.2) is 8.78 Å². The molecule has 0 unspecified atom stereocenters. The van der Waals surface area contributed by atoms with Crippen molar-refractivity contribution in [2.24, 2.45) is 7.05 Å². The van der Waals surface area contributed by atoms with Crippen LogP contribution in [0.2, 0.25) is 0 Å². The fourth-order valence-corrected chi connectivity index (χ4v) is 2.11. The number of rotatable bonds is 8. The maximum atomic E-state index is 12.6. The monoisotopic (exact) mass is 276 g/mol. The van der Waals surface area contributed by atoms with Crippen molar-refractivity contribution in [3.05, 3.63) is 11.3 Å². The first-order chi connectivity index (χ1) is 9.01. The van der Waals surface area contributed by atoms with Gasteiger partial charge in [-0.2, -0.15) is 5.10 Å². The number of hydrogen-bond donors (Lipinski definition) is 2. The number of aryl methyl sites for hydroxylation is 2. The van der Waals surface area contributed by atoms with Gasteiger partial charge in [-0.15, -0.1) is 0 Å². The van der Waals surface area contributed by atoms with Gasteiger partial charge >= 0.3 is 0 Å². The number of nitrogens with one attached hydrogen (secondary N) is 1. The quantitative estimate of drug-likeness (QED) is 0.741. The predicted molar refractivity (Wildman–Crippen MR) is 70.6 cm³/mol. The number of aliphatic hydroxyl groups is 1. The van der Waals surface area contributed by atoms with Gasteiger partial charge in [0.15, 0.2) is 0 Å². The molecule has 0 saturated carbocycles. The Labute approximate surface area is 112 Å². The van der Waals surface area contributed by atoms with Crippen molar-refractivity contribution in [1.82, 2.24) is 15.1 Å². The van der Waals surface area contributed by atoms with E-state index in [0.717, 1.165) is 17.8 Å². The number of aromatic nitrogens is 2. The molecule has 0 amide bonds. The second-order valence-electron chi connectivity index (χ2n) is 4.35. The standard InChI is InChI=1S/C12H22F2N4O/c1-4-15-7-10-9(2)16-17(3)12(10)18(5-6-19)8-11(13)14/h11,15,19H,4-8H2,1-3H3. The third-order valence-corrected chi connectivity index (χ3v) is 2.89. The average molecular weight is 276 g/mol. The molecule has 5 nitrogen and oxygen atoms in total. The van der Waals surface area contributed by atoms with Crippen LogP contribution in [-0.4, -0.2) is 47.6 Å². The second-order valence-corrected chi connectivity index (χ2v) is 4.35. The molecule has 0 atom stereocenters. The lowest BCUT2D eigenvalue weighted by Gasteiger charge is -2.25. The summed E-state index contributed by atoms with van der Waals surface area (Å²) in [6, 6.07) is 0. The molecule has 1 heterocycles. The summed E-state index contributed by atoms with van der Waals surface area (Å²) in [4.78, 5) is 1.48. The van der Waals surface area contributed by atoms with Gasteiger partial charge in [0.2, 0.25) is 0 Å². The van der Waals surface area contributed by atoms with E-state index in [4.69, 9.17) is 5.11 Å². The number of alkyl halides is 2. The van der Waals surface area contributed by atoms with Crippen molar-refractivity contribution in [1.29, 1.82) is 0 Å². The first-order valence-electron chi connectivity index (χ1n) is 6.38. The zero-order valence-corrected chi connectivity index (χ0v) is 11.7. The van der Waals surface area contributed by atoms with E-state index in [0.29, 0.717) is 12.4 Å². The summed E-state index contributed by atoms with van der Waals surface area (Å²) < 4.78 is 26.9. The van der Waals surface area contributed by atoms with E-state index in [9.17, 15) is 8.78 Å². The molecule has 1 aromatic heterocycles. The van der Waals surface area contributed by atoms with Gasteiger partial charge in [0.05, 0.1) is 18.8 Å². The Morgan fingerprint density at radius 1 is 1.47 bits per heavy atom. The topological polar surface area (TPSA) is 53.3 Å². The van der Waals surface area contributed by atoms with E-state index in [2.05, 4.69) is 10.4 Å². The van der Waals surface area contributed by atoms with Gasteiger partial charge in [-0.3, -0.25) is 4.68 Å². The molecule has 110 valence electrons. The SMILES string of the molecule is CCNCc1c(C)nn(C)c1N(CCO)CC(F)F. The minimum atomic E-state index is -2.45. The van der Waals surface area contributed by atoms with Crippen molar-refractivity contribution in [2.45, 2.75) is 26.8 Å². The van der Waals surface area contributed by atoms with E-state index in [1.165, 1.54) is 4.90 Å². The Morgan fingerprint density at radius 2 is 2.16 bits per heavy atom. The van der Waals surface area contributed by atoms with E-state index in [1.54, 1.807) is 11.7 Å². The smallest absolute Gasteiger partial charge is 0.255 e. The number of aliphatic hydroxyl groups excluding tert-OH is 1. The minimum Gasteiger partial charge on any atom is -0.395 e. The molecule has 0 bridgehead atoms. The lowest BCUT2D eigenvalue weighted by atomic mass is 10.2. The molecule has 1 aromatic rings. The highest BCUT2D eigenvalue weighted by atomic mass is 19.3. The van der Waals surface area contributed by atoms with Gasteiger partial charge in [-0.05, 0) is 13.5 Å². The van der Waals surface area contributed by atoms with Crippen LogP contribution in [-0.2, 0) is 13.6 Å². The zero-order valence-electron chi connectivity index (χ0n) is 11.7. The largest absolute Gasteiger partial charge is 0.395 e. The molecule has 0 spiro atoms. The third-order valence-electron chi connectivity index (χ3n) is 2.89. The molecule has 2 N–H and O–H groups in total. The zero-order chi connectivity index (χ0) is 14.4. The molecule has 0 aliphatic rings. The second kappa shape index (κ2) is 7.40. The van der Waals surface area contributed by atoms with Crippen LogP contribution in [0.1, 0.15) is 18.2 Å². The van der Waals surface area contributed by atoms with Crippen LogP contribution in [0.25, 0.3) is 0 Å². The van der Waals surface area contributed by atoms with Crippen molar-refractivity contribution in [3.63, 3.8) is 0 Å². The van der Waals surface area contributed by atoms with Crippen LogP contribution in [0, 0.1) is 6.92 Å². The molecule has 0 saturated heterocycles. The normalized spacial score (nSPS) is 11.3. The van der Waals surface area contributed by atoms with Gasteiger partial charge in [0.1, 0.15) is 5.82 Å². The first-order valence-corrected chi connectivity index (χ1v) is 6.38. The molecule has 19 heavy (non-hydrogen) atoms. The summed E-state index contributed by atoms with van der Waals surface area (Å²) in [6.07, 6.45) is -2.45. The predicted octanol–water partition coefficient (Wildman–Crippen LogP) is 0.902. The lowest BCUT2D eigenvalue weighted by Crippen LogP contribution is -2.34. The Kier molecular flexibility index (Phi) is 6.17. The van der Waals surface area contributed by atoms with Crippen LogP contribution in [0.3, 0.4) is 0 Å². The van der Waals surface area contributed by atoms with E-state index in [1.807, 2.05) is 13.8 Å². The molecule has 0 aliphatic carbocycles. The van der Waals surface area contributed by atoms with Crippen molar-refractivity contribution < 1.29 is 13.9 Å². The lowest BCUT2D eigenvalue weighted by molar-refractivity contribution is 0.152. The molecule has 7 heteroatoms. The summed E-state index contributed by atoms with van der Waals surface area (Å²) in [5, 5.41) is 16.5. The summed E-state index contributed by atoms with van der Waals surface area (Å²) >= 11 is 0. The van der Waals surface area contributed by atoms with Gasteiger partial charge in [0, 0.05) is 25.7 Å². The molecule has 0 fully saturated rings. The highest BCUT2D eigenvalue weighted by molar-refractivity contribution is 5.50. The van der Waals surface area contributed by atoms with Crippen LogP contribution in [0.5, 0.6) is 0 Å². The van der Waals surface area contributed by atoms with Crippen molar-refractivity contribution in [2.75, 3.05) is 31.1 Å². The Bertz CT molecular complexity index is 395. The Hall–Kier alpha value is -1.21. The van der Waals surface area contributed by atoms with Crippen LogP contribution in [0.4, 0.5) is 14.6 Å². The highest BCUT2D eigenvalue weighted by Gasteiger charge is 2.21. The van der Waals surface area contributed by atoms with Crippen molar-refractivity contribution >= 4 is 5.82 Å². The molecule has 0 aliphatic heterocycles. The highest BCUT2D eigenvalue weighted by Crippen LogP contribution is 2.23. The van der Waals surface area contributed by atoms with E-state index in [-0.39, 0.29) is 13.2 Å². The summed E-state index contributed by atoms with van der Waals surface area (Å²) in [5.41, 5.74) is 1.72. The van der Waals surface area contributed by atoms with Gasteiger partial charge < -0.3 is 15.3 Å². The number of nitrogens with zero attached hydrogens (tertiary/aromatic N) is 3. The molecule has 1 rings (SSSR count). The fourth-order valence-electron chi connectivity index (χ4n) is 2.11. The maximum Gasteiger partial charge on any atom is 0.255 e. The maximum absolute atomic E-state index is 12.6. The van der Waals surface area contributed by atoms with Crippen LogP contribution >= 0.6 is 0 Å². The van der Waals surface area contributed by atoms with E-state index < -0.39 is 13.0 Å². The number of hydrogen-bond acceptors (Lipinski definition) is 4. The number of anilines is 1. The summed E-state index contributed by atoms with van der Waals surface area (Å²) in [6.45, 7) is 4.81. The molecular weight excluding hydrogens is 254 g/mol. The van der Waals surface area contributed by atoms with E-state index >= 15 is 0 Å². The average Bonchev–Trinajstić information content (AvgIpc) is 2.60. The van der Waals surface area contributed by atoms with Gasteiger partial charge in [0.25, 0.3) is 6.43 Å². The third kappa shape index (κ3) is 4.14. The molecular formula is C12H22F2N4O. The number of halogens is 2. The first kappa shape index (κ1) is 15.8. The minimum absolute atomic E-state index is 0.169. The van der Waals surface area contributed by atoms with Crippen LogP contribution < -0.4 is 10.2 Å².